The van der Waals surface area contributed by atoms with Gasteiger partial charge in [0.2, 0.25) is 5.82 Å². The maximum absolute atomic E-state index is 8.55. The van der Waals surface area contributed by atoms with E-state index < -0.39 is 0 Å². The fourth-order valence-electron chi connectivity index (χ4n) is 1.09. The Bertz CT molecular complexity index is 343. The number of hydrogen-bond acceptors (Lipinski definition) is 3. The molecule has 1 heterocycles. The van der Waals surface area contributed by atoms with E-state index >= 15 is 0 Å². The number of aliphatic hydroxyl groups is 1. The van der Waals surface area contributed by atoms with Gasteiger partial charge in [-0.15, -0.1) is 0 Å². The quantitative estimate of drug-likeness (QED) is 0.563. The van der Waals surface area contributed by atoms with E-state index in [2.05, 4.69) is 21.8 Å². The average molecular weight is 190 g/mol. The minimum Gasteiger partial charge on any atom is -0.396 e. The van der Waals surface area contributed by atoms with Gasteiger partial charge in [-0.2, -0.15) is 0 Å². The lowest BCUT2D eigenvalue weighted by Crippen LogP contribution is -1.94. The summed E-state index contributed by atoms with van der Waals surface area (Å²) in [5.74, 6) is 6.37. The molecule has 0 saturated carbocycles. The molecule has 3 nitrogen and oxygen atoms in total. The predicted molar refractivity (Wildman–Crippen MR) is 54.7 cm³/mol. The first kappa shape index (κ1) is 10.7. The SMILES string of the molecule is Cc1cc(C)nc(C#CCCCO)n1. The summed E-state index contributed by atoms with van der Waals surface area (Å²) in [6, 6.07) is 1.92. The van der Waals surface area contributed by atoms with Gasteiger partial charge >= 0.3 is 0 Å². The number of aryl methyl sites for hydroxylation is 2. The van der Waals surface area contributed by atoms with E-state index in [9.17, 15) is 0 Å². The Kier molecular flexibility index (Phi) is 4.09. The van der Waals surface area contributed by atoms with E-state index in [4.69, 9.17) is 5.11 Å². The van der Waals surface area contributed by atoms with Gasteiger partial charge in [0.15, 0.2) is 0 Å². The summed E-state index contributed by atoms with van der Waals surface area (Å²) in [7, 11) is 0. The highest BCUT2D eigenvalue weighted by Gasteiger charge is 1.94. The van der Waals surface area contributed by atoms with Gasteiger partial charge in [-0.05, 0) is 32.3 Å². The van der Waals surface area contributed by atoms with Crippen LogP contribution in [0.15, 0.2) is 6.07 Å². The van der Waals surface area contributed by atoms with Gasteiger partial charge < -0.3 is 5.11 Å². The van der Waals surface area contributed by atoms with Crippen LogP contribution in [0.25, 0.3) is 0 Å². The van der Waals surface area contributed by atoms with Gasteiger partial charge in [-0.1, -0.05) is 5.92 Å². The number of rotatable bonds is 2. The van der Waals surface area contributed by atoms with Gasteiger partial charge in [0.25, 0.3) is 0 Å². The van der Waals surface area contributed by atoms with Crippen LogP contribution in [-0.4, -0.2) is 21.7 Å². The van der Waals surface area contributed by atoms with Crippen molar-refractivity contribution in [2.24, 2.45) is 0 Å². The van der Waals surface area contributed by atoms with Crippen molar-refractivity contribution in [1.29, 1.82) is 0 Å². The monoisotopic (exact) mass is 190 g/mol. The summed E-state index contributed by atoms with van der Waals surface area (Å²) in [5, 5.41) is 8.55. The molecule has 0 aliphatic heterocycles. The molecule has 0 spiro atoms. The van der Waals surface area contributed by atoms with Crippen molar-refractivity contribution in [2.45, 2.75) is 26.7 Å². The molecule has 74 valence electrons. The Hall–Kier alpha value is -1.40. The first-order valence-electron chi connectivity index (χ1n) is 4.64. The molecule has 1 aromatic rings. The summed E-state index contributed by atoms with van der Waals surface area (Å²) >= 11 is 0. The highest BCUT2D eigenvalue weighted by molar-refractivity contribution is 5.23. The van der Waals surface area contributed by atoms with E-state index in [-0.39, 0.29) is 6.61 Å². The molecule has 0 aliphatic rings. The van der Waals surface area contributed by atoms with Crippen molar-refractivity contribution >= 4 is 0 Å². The summed E-state index contributed by atoms with van der Waals surface area (Å²) in [6.45, 7) is 4.03. The summed E-state index contributed by atoms with van der Waals surface area (Å²) in [4.78, 5) is 8.37. The zero-order valence-corrected chi connectivity index (χ0v) is 8.54. The number of aliphatic hydroxyl groups excluding tert-OH is 1. The molecule has 1 aromatic heterocycles. The van der Waals surface area contributed by atoms with Gasteiger partial charge in [-0.3, -0.25) is 0 Å². The molecule has 0 fully saturated rings. The van der Waals surface area contributed by atoms with Crippen LogP contribution in [0.1, 0.15) is 30.1 Å². The largest absolute Gasteiger partial charge is 0.396 e. The molecule has 0 unspecified atom stereocenters. The van der Waals surface area contributed by atoms with Gasteiger partial charge in [-0.25, -0.2) is 9.97 Å². The van der Waals surface area contributed by atoms with Crippen LogP contribution in [-0.2, 0) is 0 Å². The number of nitrogens with zero attached hydrogens (tertiary/aromatic N) is 2. The van der Waals surface area contributed by atoms with E-state index in [1.807, 2.05) is 19.9 Å². The molecular formula is C11H14N2O. The van der Waals surface area contributed by atoms with Crippen LogP contribution in [0.3, 0.4) is 0 Å². The molecule has 0 aliphatic carbocycles. The fraction of sp³-hybridized carbons (Fsp3) is 0.455. The Labute approximate surface area is 84.2 Å². The summed E-state index contributed by atoms with van der Waals surface area (Å²) in [5.41, 5.74) is 1.87. The van der Waals surface area contributed by atoms with Crippen LogP contribution in [0.2, 0.25) is 0 Å². The molecule has 0 amide bonds. The molecule has 3 heteroatoms. The summed E-state index contributed by atoms with van der Waals surface area (Å²) < 4.78 is 0. The van der Waals surface area contributed by atoms with Crippen LogP contribution in [0.5, 0.6) is 0 Å². The lowest BCUT2D eigenvalue weighted by Gasteiger charge is -1.95. The first-order chi connectivity index (χ1) is 6.72. The standard InChI is InChI=1S/C11H14N2O/c1-9-8-10(2)13-11(12-9)6-4-3-5-7-14/h8,14H,3,5,7H2,1-2H3. The molecule has 0 aromatic carbocycles. The third kappa shape index (κ3) is 3.55. The molecule has 1 rings (SSSR count). The van der Waals surface area contributed by atoms with E-state index in [0.717, 1.165) is 11.4 Å². The fourth-order valence-corrected chi connectivity index (χ4v) is 1.09. The lowest BCUT2D eigenvalue weighted by atomic mass is 10.3. The maximum atomic E-state index is 8.55. The van der Waals surface area contributed by atoms with Crippen LogP contribution < -0.4 is 0 Å². The van der Waals surface area contributed by atoms with Crippen LogP contribution in [0, 0.1) is 25.7 Å². The third-order valence-electron chi connectivity index (χ3n) is 1.64. The molecule has 0 atom stereocenters. The molecular weight excluding hydrogens is 176 g/mol. The van der Waals surface area contributed by atoms with E-state index in [1.165, 1.54) is 0 Å². The maximum Gasteiger partial charge on any atom is 0.205 e. The second-order valence-corrected chi connectivity index (χ2v) is 3.10. The van der Waals surface area contributed by atoms with Crippen molar-refractivity contribution in [1.82, 2.24) is 9.97 Å². The first-order valence-corrected chi connectivity index (χ1v) is 4.64. The minimum atomic E-state index is 0.183. The van der Waals surface area contributed by atoms with Crippen molar-refractivity contribution in [3.05, 3.63) is 23.3 Å². The highest BCUT2D eigenvalue weighted by atomic mass is 16.2. The number of aromatic nitrogens is 2. The van der Waals surface area contributed by atoms with Crippen molar-refractivity contribution in [3.63, 3.8) is 0 Å². The van der Waals surface area contributed by atoms with Crippen molar-refractivity contribution in [3.8, 4) is 11.8 Å². The molecule has 0 saturated heterocycles. The van der Waals surface area contributed by atoms with Crippen molar-refractivity contribution in [2.75, 3.05) is 6.61 Å². The second kappa shape index (κ2) is 5.36. The summed E-state index contributed by atoms with van der Waals surface area (Å²) in [6.07, 6.45) is 1.39. The van der Waals surface area contributed by atoms with Crippen molar-refractivity contribution < 1.29 is 5.11 Å². The minimum absolute atomic E-state index is 0.183. The van der Waals surface area contributed by atoms with Gasteiger partial charge in [0, 0.05) is 24.4 Å². The third-order valence-corrected chi connectivity index (χ3v) is 1.64. The van der Waals surface area contributed by atoms with Gasteiger partial charge in [0.05, 0.1) is 0 Å². The Morgan fingerprint density at radius 3 is 2.50 bits per heavy atom. The predicted octanol–water partition coefficient (Wildman–Crippen LogP) is 1.22. The Balaban J connectivity index is 2.69. The van der Waals surface area contributed by atoms with Crippen LogP contribution >= 0.6 is 0 Å². The number of hydrogen-bond donors (Lipinski definition) is 1. The number of unbranched alkanes of at least 4 members (excludes halogenated alkanes) is 1. The van der Waals surface area contributed by atoms with E-state index in [0.29, 0.717) is 18.7 Å². The zero-order valence-electron chi connectivity index (χ0n) is 8.54. The molecule has 0 radical (unpaired) electrons. The normalized spacial score (nSPS) is 9.36. The van der Waals surface area contributed by atoms with E-state index in [1.54, 1.807) is 0 Å². The molecule has 14 heavy (non-hydrogen) atoms. The molecule has 0 bridgehead atoms. The highest BCUT2D eigenvalue weighted by Crippen LogP contribution is 1.97. The smallest absolute Gasteiger partial charge is 0.205 e. The average Bonchev–Trinajstić information content (AvgIpc) is 2.11. The lowest BCUT2D eigenvalue weighted by molar-refractivity contribution is 0.290. The second-order valence-electron chi connectivity index (χ2n) is 3.10. The van der Waals surface area contributed by atoms with Crippen LogP contribution in [0.4, 0.5) is 0 Å². The van der Waals surface area contributed by atoms with Gasteiger partial charge in [0.1, 0.15) is 0 Å². The topological polar surface area (TPSA) is 46.0 Å². The zero-order chi connectivity index (χ0) is 10.4. The Morgan fingerprint density at radius 1 is 1.29 bits per heavy atom. The molecule has 1 N–H and O–H groups in total. The Morgan fingerprint density at radius 2 is 1.93 bits per heavy atom.